The number of rotatable bonds is 3. The van der Waals surface area contributed by atoms with Crippen molar-refractivity contribution in [1.82, 2.24) is 0 Å². The predicted octanol–water partition coefficient (Wildman–Crippen LogP) is -1.12. The van der Waals surface area contributed by atoms with Crippen molar-refractivity contribution in [3.8, 4) is 0 Å². The maximum Gasteiger partial charge on any atom is 0.354 e. The van der Waals surface area contributed by atoms with Crippen LogP contribution < -0.4 is 11.5 Å². The average Bonchev–Trinajstić information content (AvgIpc) is 1.86. The van der Waals surface area contributed by atoms with E-state index in [-0.39, 0.29) is 12.3 Å². The van der Waals surface area contributed by atoms with Crippen LogP contribution in [0.4, 0.5) is 0 Å². The molecule has 0 spiro atoms. The van der Waals surface area contributed by atoms with Gasteiger partial charge in [0.2, 0.25) is 5.91 Å². The van der Waals surface area contributed by atoms with E-state index in [2.05, 4.69) is 4.74 Å². The number of amides is 1. The third kappa shape index (κ3) is 3.96. The van der Waals surface area contributed by atoms with Crippen molar-refractivity contribution in [2.24, 2.45) is 11.5 Å². The molecule has 0 saturated carbocycles. The van der Waals surface area contributed by atoms with Crippen molar-refractivity contribution in [1.29, 1.82) is 0 Å². The molecule has 1 amide bonds. The lowest BCUT2D eigenvalue weighted by Crippen LogP contribution is -2.18. The van der Waals surface area contributed by atoms with Crippen LogP contribution in [0.1, 0.15) is 6.92 Å². The lowest BCUT2D eigenvalue weighted by atomic mass is 10.4. The third-order valence-electron chi connectivity index (χ3n) is 0.809. The molecule has 0 unspecified atom stereocenters. The molecule has 0 atom stereocenters. The molecule has 0 aromatic heterocycles. The van der Waals surface area contributed by atoms with Gasteiger partial charge in [0.15, 0.2) is 0 Å². The van der Waals surface area contributed by atoms with Gasteiger partial charge in [0.1, 0.15) is 5.70 Å². The van der Waals surface area contributed by atoms with Crippen molar-refractivity contribution in [2.45, 2.75) is 6.92 Å². The molecule has 5 heteroatoms. The van der Waals surface area contributed by atoms with E-state index in [1.165, 1.54) is 0 Å². The van der Waals surface area contributed by atoms with Crippen molar-refractivity contribution in [3.05, 3.63) is 11.8 Å². The molecule has 0 radical (unpaired) electrons. The smallest absolute Gasteiger partial charge is 0.354 e. The van der Waals surface area contributed by atoms with Crippen LogP contribution in [0.3, 0.4) is 0 Å². The fraction of sp³-hybridized carbons (Fsp3) is 0.333. The lowest BCUT2D eigenvalue weighted by Gasteiger charge is -1.98. The van der Waals surface area contributed by atoms with E-state index < -0.39 is 11.9 Å². The van der Waals surface area contributed by atoms with E-state index in [1.807, 2.05) is 0 Å². The molecule has 0 aromatic carbocycles. The Labute approximate surface area is 64.0 Å². The first-order valence-electron chi connectivity index (χ1n) is 3.01. The quantitative estimate of drug-likeness (QED) is 0.401. The highest BCUT2D eigenvalue weighted by molar-refractivity contribution is 5.96. The summed E-state index contributed by atoms with van der Waals surface area (Å²) in [6.45, 7) is 1.85. The van der Waals surface area contributed by atoms with Crippen molar-refractivity contribution < 1.29 is 14.3 Å². The number of hydrogen-bond acceptors (Lipinski definition) is 4. The van der Waals surface area contributed by atoms with Gasteiger partial charge in [0.25, 0.3) is 0 Å². The first-order chi connectivity index (χ1) is 5.07. The van der Waals surface area contributed by atoms with Gasteiger partial charge in [-0.15, -0.1) is 0 Å². The molecule has 0 aliphatic heterocycles. The van der Waals surface area contributed by atoms with Gasteiger partial charge in [0, 0.05) is 6.08 Å². The summed E-state index contributed by atoms with van der Waals surface area (Å²) in [5.41, 5.74) is 9.54. The molecular weight excluding hydrogens is 148 g/mol. The van der Waals surface area contributed by atoms with E-state index >= 15 is 0 Å². The summed E-state index contributed by atoms with van der Waals surface area (Å²) in [6.07, 6.45) is 0.817. The number of nitrogens with two attached hydrogens (primary N) is 2. The number of carbonyl (C=O) groups excluding carboxylic acids is 2. The first-order valence-corrected chi connectivity index (χ1v) is 3.01. The Bertz CT molecular complexity index is 198. The van der Waals surface area contributed by atoms with Gasteiger partial charge in [-0.3, -0.25) is 4.79 Å². The topological polar surface area (TPSA) is 95.4 Å². The van der Waals surface area contributed by atoms with Crippen LogP contribution in [-0.4, -0.2) is 18.5 Å². The number of hydrogen-bond donors (Lipinski definition) is 2. The molecule has 0 heterocycles. The molecule has 4 N–H and O–H groups in total. The monoisotopic (exact) mass is 158 g/mol. The zero-order chi connectivity index (χ0) is 8.85. The van der Waals surface area contributed by atoms with E-state index in [0.29, 0.717) is 0 Å². The Kier molecular flexibility index (Phi) is 3.72. The van der Waals surface area contributed by atoms with Crippen LogP contribution in [0.5, 0.6) is 0 Å². The van der Waals surface area contributed by atoms with Crippen LogP contribution in [0.15, 0.2) is 11.8 Å². The maximum absolute atomic E-state index is 10.7. The van der Waals surface area contributed by atoms with Gasteiger partial charge in [0.05, 0.1) is 6.61 Å². The van der Waals surface area contributed by atoms with Crippen molar-refractivity contribution in [2.75, 3.05) is 6.61 Å². The number of esters is 1. The average molecular weight is 158 g/mol. The molecule has 11 heavy (non-hydrogen) atoms. The van der Waals surface area contributed by atoms with Crippen LogP contribution >= 0.6 is 0 Å². The Morgan fingerprint density at radius 2 is 2.00 bits per heavy atom. The number of primary amides is 1. The Morgan fingerprint density at radius 1 is 1.45 bits per heavy atom. The molecular formula is C6H10N2O3. The third-order valence-corrected chi connectivity index (χ3v) is 0.809. The second-order valence-corrected chi connectivity index (χ2v) is 1.72. The molecule has 0 saturated heterocycles. The number of carbonyl (C=O) groups is 2. The Balaban J connectivity index is 4.12. The minimum Gasteiger partial charge on any atom is -0.461 e. The summed E-state index contributed by atoms with van der Waals surface area (Å²) >= 11 is 0. The van der Waals surface area contributed by atoms with Crippen LogP contribution in [-0.2, 0) is 14.3 Å². The van der Waals surface area contributed by atoms with E-state index in [1.54, 1.807) is 6.92 Å². The summed E-state index contributed by atoms with van der Waals surface area (Å²) in [4.78, 5) is 20.8. The van der Waals surface area contributed by atoms with Crippen LogP contribution in [0.2, 0.25) is 0 Å². The summed E-state index contributed by atoms with van der Waals surface area (Å²) < 4.78 is 4.46. The van der Waals surface area contributed by atoms with Gasteiger partial charge in [-0.25, -0.2) is 4.79 Å². The molecule has 5 nitrogen and oxygen atoms in total. The highest BCUT2D eigenvalue weighted by Crippen LogP contribution is 1.87. The molecule has 0 aromatic rings. The van der Waals surface area contributed by atoms with Gasteiger partial charge in [-0.05, 0) is 6.92 Å². The Morgan fingerprint density at radius 3 is 2.36 bits per heavy atom. The fourth-order valence-electron chi connectivity index (χ4n) is 0.427. The van der Waals surface area contributed by atoms with E-state index in [0.717, 1.165) is 6.08 Å². The molecule has 62 valence electrons. The van der Waals surface area contributed by atoms with E-state index in [4.69, 9.17) is 11.5 Å². The van der Waals surface area contributed by atoms with Crippen molar-refractivity contribution in [3.63, 3.8) is 0 Å². The van der Waals surface area contributed by atoms with Gasteiger partial charge in [-0.1, -0.05) is 0 Å². The molecule has 0 rings (SSSR count). The van der Waals surface area contributed by atoms with Gasteiger partial charge >= 0.3 is 5.97 Å². The van der Waals surface area contributed by atoms with Crippen LogP contribution in [0, 0.1) is 0 Å². The Hall–Kier alpha value is -1.52. The normalized spacial score (nSPS) is 10.8. The largest absolute Gasteiger partial charge is 0.461 e. The SMILES string of the molecule is CCOC(=O)C(N)=CC(N)=O. The highest BCUT2D eigenvalue weighted by Gasteiger charge is 2.05. The second kappa shape index (κ2) is 4.32. The van der Waals surface area contributed by atoms with E-state index in [9.17, 15) is 9.59 Å². The minimum atomic E-state index is -0.768. The molecule has 0 fully saturated rings. The van der Waals surface area contributed by atoms with Crippen molar-refractivity contribution >= 4 is 11.9 Å². The fourth-order valence-corrected chi connectivity index (χ4v) is 0.427. The summed E-state index contributed by atoms with van der Waals surface area (Å²) in [6, 6.07) is 0. The number of ether oxygens (including phenoxy) is 1. The summed E-state index contributed by atoms with van der Waals surface area (Å²) in [5.74, 6) is -1.50. The maximum atomic E-state index is 10.7. The minimum absolute atomic E-state index is 0.214. The molecule has 0 aliphatic rings. The first kappa shape index (κ1) is 9.48. The zero-order valence-electron chi connectivity index (χ0n) is 6.16. The lowest BCUT2D eigenvalue weighted by molar-refractivity contribution is -0.138. The molecule has 0 aliphatic carbocycles. The summed E-state index contributed by atoms with van der Waals surface area (Å²) in [5, 5.41) is 0. The van der Waals surface area contributed by atoms with Crippen LogP contribution in [0.25, 0.3) is 0 Å². The second-order valence-electron chi connectivity index (χ2n) is 1.72. The predicted molar refractivity (Wildman–Crippen MR) is 38.1 cm³/mol. The standard InChI is InChI=1S/C6H10N2O3/c1-2-11-6(10)4(7)3-5(8)9/h3H,2,7H2,1H3,(H2,8,9). The summed E-state index contributed by atoms with van der Waals surface area (Å²) in [7, 11) is 0. The van der Waals surface area contributed by atoms with Gasteiger partial charge in [-0.2, -0.15) is 0 Å². The zero-order valence-corrected chi connectivity index (χ0v) is 6.16. The molecule has 0 bridgehead atoms. The van der Waals surface area contributed by atoms with Gasteiger partial charge < -0.3 is 16.2 Å². The highest BCUT2D eigenvalue weighted by atomic mass is 16.5.